The van der Waals surface area contributed by atoms with Gasteiger partial charge in [0.15, 0.2) is 0 Å². The number of nitrogens with zero attached hydrogens (tertiary/aromatic N) is 2. The maximum Gasteiger partial charge on any atom is 0.279 e. The number of hydrogen-bond donors (Lipinski definition) is 1. The molecule has 7 heteroatoms. The molecule has 1 aromatic heterocycles. The van der Waals surface area contributed by atoms with Crippen LogP contribution in [0.15, 0.2) is 35.7 Å². The summed E-state index contributed by atoms with van der Waals surface area (Å²) < 4.78 is 5.60. The van der Waals surface area contributed by atoms with E-state index in [1.54, 1.807) is 5.38 Å². The molecule has 2 heterocycles. The molecule has 0 spiro atoms. The van der Waals surface area contributed by atoms with E-state index >= 15 is 0 Å². The molecule has 24 heavy (non-hydrogen) atoms. The molecule has 2 aromatic rings. The third kappa shape index (κ3) is 4.32. The van der Waals surface area contributed by atoms with E-state index in [1.165, 1.54) is 11.3 Å². The van der Waals surface area contributed by atoms with Crippen molar-refractivity contribution >= 4 is 23.2 Å². The van der Waals surface area contributed by atoms with Crippen LogP contribution in [-0.4, -0.2) is 41.3 Å². The molecule has 3 rings (SSSR count). The summed E-state index contributed by atoms with van der Waals surface area (Å²) in [5, 5.41) is 4.94. The average Bonchev–Trinajstić information content (AvgIpc) is 3.22. The van der Waals surface area contributed by atoms with E-state index < -0.39 is 0 Å². The number of benzene rings is 1. The Labute approximate surface area is 144 Å². The van der Waals surface area contributed by atoms with Crippen molar-refractivity contribution in [1.29, 1.82) is 0 Å². The fraction of sp³-hybridized carbons (Fsp3) is 0.353. The van der Waals surface area contributed by atoms with E-state index in [0.717, 1.165) is 19.4 Å². The first-order chi connectivity index (χ1) is 11.7. The fourth-order valence-electron chi connectivity index (χ4n) is 2.50. The number of hydrogen-bond acceptors (Lipinski definition) is 5. The van der Waals surface area contributed by atoms with Gasteiger partial charge >= 0.3 is 0 Å². The molecule has 1 fully saturated rings. The largest absolute Gasteiger partial charge is 0.431 e. The Morgan fingerprint density at radius 2 is 2.17 bits per heavy atom. The van der Waals surface area contributed by atoms with E-state index in [1.807, 2.05) is 35.2 Å². The summed E-state index contributed by atoms with van der Waals surface area (Å²) in [7, 11) is 0. The highest BCUT2D eigenvalue weighted by Gasteiger charge is 2.19. The first-order valence-corrected chi connectivity index (χ1v) is 8.85. The zero-order valence-corrected chi connectivity index (χ0v) is 14.1. The smallest absolute Gasteiger partial charge is 0.279 e. The van der Waals surface area contributed by atoms with E-state index in [2.05, 4.69) is 10.3 Å². The molecule has 1 aliphatic heterocycles. The lowest BCUT2D eigenvalue weighted by atomic mass is 10.3. The first kappa shape index (κ1) is 16.4. The van der Waals surface area contributed by atoms with Gasteiger partial charge in [0.05, 0.1) is 0 Å². The molecule has 0 saturated carbocycles. The molecular weight excluding hydrogens is 326 g/mol. The Bertz CT molecular complexity index is 702. The maximum atomic E-state index is 12.1. The second-order valence-electron chi connectivity index (χ2n) is 5.51. The Kier molecular flexibility index (Phi) is 5.43. The molecule has 1 aliphatic rings. The van der Waals surface area contributed by atoms with Crippen LogP contribution < -0.4 is 10.1 Å². The van der Waals surface area contributed by atoms with Crippen LogP contribution in [0.3, 0.4) is 0 Å². The Morgan fingerprint density at radius 3 is 2.92 bits per heavy atom. The summed E-state index contributed by atoms with van der Waals surface area (Å²) in [5.74, 6) is 0.680. The second-order valence-corrected chi connectivity index (χ2v) is 6.33. The quantitative estimate of drug-likeness (QED) is 0.783. The second kappa shape index (κ2) is 7.92. The van der Waals surface area contributed by atoms with Gasteiger partial charge in [0.25, 0.3) is 11.1 Å². The van der Waals surface area contributed by atoms with Crippen molar-refractivity contribution < 1.29 is 14.3 Å². The van der Waals surface area contributed by atoms with Crippen molar-refractivity contribution in [1.82, 2.24) is 15.2 Å². The Morgan fingerprint density at radius 1 is 1.33 bits per heavy atom. The number of ether oxygens (including phenoxy) is 1. The molecule has 126 valence electrons. The molecule has 6 nitrogen and oxygen atoms in total. The number of amides is 2. The number of aromatic nitrogens is 1. The van der Waals surface area contributed by atoms with Crippen LogP contribution in [0.2, 0.25) is 0 Å². The highest BCUT2D eigenvalue weighted by molar-refractivity contribution is 7.11. The minimum absolute atomic E-state index is 0.212. The number of likely N-dealkylation sites (tertiary alicyclic amines) is 1. The molecule has 2 amide bonds. The van der Waals surface area contributed by atoms with Gasteiger partial charge < -0.3 is 15.0 Å². The predicted octanol–water partition coefficient (Wildman–Crippen LogP) is 2.68. The van der Waals surface area contributed by atoms with Gasteiger partial charge in [-0.2, -0.15) is 4.98 Å². The molecular formula is C17H19N3O3S. The standard InChI is InChI=1S/C17H19N3O3S/c21-15-8-4-10-20(15)11-5-9-18-16(22)14-12-24-17(19-14)23-13-6-2-1-3-7-13/h1-3,6-7,12H,4-5,8-11H2,(H,18,22). The Balaban J connectivity index is 1.43. The van der Waals surface area contributed by atoms with Crippen LogP contribution in [0.4, 0.5) is 0 Å². The topological polar surface area (TPSA) is 71.5 Å². The van der Waals surface area contributed by atoms with Crippen LogP contribution in [0.5, 0.6) is 10.9 Å². The van der Waals surface area contributed by atoms with Crippen LogP contribution in [0.1, 0.15) is 29.8 Å². The van der Waals surface area contributed by atoms with Gasteiger partial charge in [0.1, 0.15) is 11.4 Å². The van der Waals surface area contributed by atoms with E-state index in [4.69, 9.17) is 4.74 Å². The predicted molar refractivity (Wildman–Crippen MR) is 91.4 cm³/mol. The fourth-order valence-corrected chi connectivity index (χ4v) is 3.17. The summed E-state index contributed by atoms with van der Waals surface area (Å²) in [6.07, 6.45) is 2.33. The van der Waals surface area contributed by atoms with Crippen LogP contribution in [0.25, 0.3) is 0 Å². The molecule has 0 atom stereocenters. The minimum atomic E-state index is -0.220. The zero-order chi connectivity index (χ0) is 16.8. The van der Waals surface area contributed by atoms with Crippen LogP contribution >= 0.6 is 11.3 Å². The number of nitrogens with one attached hydrogen (secondary N) is 1. The lowest BCUT2D eigenvalue weighted by Gasteiger charge is -2.14. The van der Waals surface area contributed by atoms with E-state index in [9.17, 15) is 9.59 Å². The Hall–Kier alpha value is -2.41. The molecule has 1 aromatic carbocycles. The lowest BCUT2D eigenvalue weighted by Crippen LogP contribution is -2.30. The van der Waals surface area contributed by atoms with E-state index in [-0.39, 0.29) is 11.8 Å². The normalized spacial score (nSPS) is 14.0. The van der Waals surface area contributed by atoms with Crippen LogP contribution in [-0.2, 0) is 4.79 Å². The summed E-state index contributed by atoms with van der Waals surface area (Å²) >= 11 is 1.29. The van der Waals surface area contributed by atoms with Crippen LogP contribution in [0, 0.1) is 0 Å². The summed E-state index contributed by atoms with van der Waals surface area (Å²) in [5.41, 5.74) is 0.350. The van der Waals surface area contributed by atoms with Gasteiger partial charge in [0.2, 0.25) is 5.91 Å². The van der Waals surface area contributed by atoms with Gasteiger partial charge in [-0.05, 0) is 25.0 Å². The van der Waals surface area contributed by atoms with Crippen molar-refractivity contribution in [3.05, 3.63) is 41.4 Å². The summed E-state index contributed by atoms with van der Waals surface area (Å²) in [6.45, 7) is 2.05. The van der Waals surface area contributed by atoms with Gasteiger partial charge in [0, 0.05) is 31.4 Å². The molecule has 0 radical (unpaired) electrons. The first-order valence-electron chi connectivity index (χ1n) is 7.97. The number of thiazole rings is 1. The third-order valence-electron chi connectivity index (χ3n) is 3.73. The molecule has 0 aliphatic carbocycles. The third-order valence-corrected chi connectivity index (χ3v) is 4.44. The zero-order valence-electron chi connectivity index (χ0n) is 13.2. The number of rotatable bonds is 7. The molecule has 0 bridgehead atoms. The van der Waals surface area contributed by atoms with Crippen molar-refractivity contribution in [3.8, 4) is 10.9 Å². The molecule has 1 saturated heterocycles. The highest BCUT2D eigenvalue weighted by atomic mass is 32.1. The minimum Gasteiger partial charge on any atom is -0.431 e. The van der Waals surface area contributed by atoms with Gasteiger partial charge in [-0.25, -0.2) is 0 Å². The van der Waals surface area contributed by atoms with Crippen molar-refractivity contribution in [2.75, 3.05) is 19.6 Å². The van der Waals surface area contributed by atoms with Crippen molar-refractivity contribution in [3.63, 3.8) is 0 Å². The van der Waals surface area contributed by atoms with Gasteiger partial charge in [-0.3, -0.25) is 9.59 Å². The van der Waals surface area contributed by atoms with Crippen molar-refractivity contribution in [2.24, 2.45) is 0 Å². The molecule has 1 N–H and O–H groups in total. The number of carbonyl (C=O) groups excluding carboxylic acids is 2. The monoisotopic (exact) mass is 345 g/mol. The average molecular weight is 345 g/mol. The van der Waals surface area contributed by atoms with Gasteiger partial charge in [-0.15, -0.1) is 0 Å². The number of carbonyl (C=O) groups is 2. The maximum absolute atomic E-state index is 12.1. The van der Waals surface area contributed by atoms with Gasteiger partial charge in [-0.1, -0.05) is 29.5 Å². The van der Waals surface area contributed by atoms with E-state index in [0.29, 0.717) is 36.1 Å². The summed E-state index contributed by atoms with van der Waals surface area (Å²) in [6, 6.07) is 9.33. The SMILES string of the molecule is O=C(NCCCN1CCCC1=O)c1csc(Oc2ccccc2)n1. The number of para-hydroxylation sites is 1. The lowest BCUT2D eigenvalue weighted by molar-refractivity contribution is -0.127. The highest BCUT2D eigenvalue weighted by Crippen LogP contribution is 2.24. The van der Waals surface area contributed by atoms with Crippen molar-refractivity contribution in [2.45, 2.75) is 19.3 Å². The summed E-state index contributed by atoms with van der Waals surface area (Å²) in [4.78, 5) is 29.6. The molecule has 0 unspecified atom stereocenters.